The molecule has 0 saturated heterocycles. The Bertz CT molecular complexity index is 1190. The molecule has 0 N–H and O–H groups in total. The summed E-state index contributed by atoms with van der Waals surface area (Å²) in [6.45, 7) is 1.62. The fourth-order valence-corrected chi connectivity index (χ4v) is 4.02. The van der Waals surface area contributed by atoms with Gasteiger partial charge in [0.2, 0.25) is 0 Å². The molecule has 4 rings (SSSR count). The van der Waals surface area contributed by atoms with Crippen LogP contribution in [0, 0.1) is 11.6 Å². The minimum Gasteiger partial charge on any atom is -0.268 e. The molecule has 3 nitrogen and oxygen atoms in total. The van der Waals surface area contributed by atoms with E-state index >= 15 is 0 Å². The van der Waals surface area contributed by atoms with Crippen molar-refractivity contribution in [2.75, 3.05) is 0 Å². The van der Waals surface area contributed by atoms with E-state index in [4.69, 9.17) is 11.6 Å². The Hall–Kier alpha value is -2.39. The van der Waals surface area contributed by atoms with E-state index in [0.717, 1.165) is 24.3 Å². The van der Waals surface area contributed by atoms with Gasteiger partial charge in [-0.3, -0.25) is 4.99 Å². The van der Waals surface area contributed by atoms with Crippen molar-refractivity contribution in [1.82, 2.24) is 4.98 Å². The third-order valence-corrected chi connectivity index (χ3v) is 5.44. The van der Waals surface area contributed by atoms with Crippen LogP contribution >= 0.6 is 27.5 Å². The zero-order valence-corrected chi connectivity index (χ0v) is 17.4. The lowest BCUT2D eigenvalue weighted by Gasteiger charge is -2.16. The number of rotatable bonds is 1. The fourth-order valence-electron chi connectivity index (χ4n) is 3.36. The number of nitrogens with zero attached hydrogens (tertiary/aromatic N) is 3. The second kappa shape index (κ2) is 7.39. The van der Waals surface area contributed by atoms with Gasteiger partial charge in [0, 0.05) is 0 Å². The SMILES string of the molecule is C[C@@H]1N=C(c2c(F)cccc2F)c2c(ccc(C(F)(F)F)c2Cl)-[n+]2cc(Br)cnc21. The highest BCUT2D eigenvalue weighted by molar-refractivity contribution is 9.10. The first-order chi connectivity index (χ1) is 14.1. The normalized spacial score (nSPS) is 15.9. The summed E-state index contributed by atoms with van der Waals surface area (Å²) in [6, 6.07) is 4.45. The Morgan fingerprint density at radius 2 is 1.73 bits per heavy atom. The molecule has 2 heterocycles. The topological polar surface area (TPSA) is 29.1 Å². The third-order valence-electron chi connectivity index (χ3n) is 4.64. The molecule has 0 fully saturated rings. The third kappa shape index (κ3) is 3.39. The predicted molar refractivity (Wildman–Crippen MR) is 104 cm³/mol. The van der Waals surface area contributed by atoms with Crippen molar-refractivity contribution >= 4 is 33.2 Å². The number of fused-ring (bicyclic) bond motifs is 3. The van der Waals surface area contributed by atoms with Crippen molar-refractivity contribution < 1.29 is 26.5 Å². The van der Waals surface area contributed by atoms with Gasteiger partial charge in [-0.1, -0.05) is 22.7 Å². The number of hydrogen-bond acceptors (Lipinski definition) is 2. The molecular weight excluding hydrogens is 493 g/mol. The summed E-state index contributed by atoms with van der Waals surface area (Å²) < 4.78 is 71.9. The minimum atomic E-state index is -4.77. The number of hydrogen-bond donors (Lipinski definition) is 0. The van der Waals surface area contributed by atoms with Crippen molar-refractivity contribution in [2.24, 2.45) is 4.99 Å². The summed E-state index contributed by atoms with van der Waals surface area (Å²) in [6.07, 6.45) is -1.69. The van der Waals surface area contributed by atoms with Crippen LogP contribution in [-0.2, 0) is 6.18 Å². The standard InChI is InChI=1S/C20H11BrClF5N3/c1-9-19-28-7-10(21)8-30(19)14-6-5-11(20(25,26)27)17(22)16(14)18(29-9)15-12(23)3-2-4-13(15)24/h2-9H,1H3/q+1/t9-/m0/s1. The molecule has 10 heteroatoms. The number of aliphatic imine (C=N–C) groups is 1. The van der Waals surface area contributed by atoms with Crippen LogP contribution in [0.4, 0.5) is 22.0 Å². The maximum absolute atomic E-state index is 14.6. The van der Waals surface area contributed by atoms with E-state index in [1.807, 2.05) is 0 Å². The van der Waals surface area contributed by atoms with Crippen molar-refractivity contribution in [3.63, 3.8) is 0 Å². The van der Waals surface area contributed by atoms with Crippen molar-refractivity contribution in [2.45, 2.75) is 19.1 Å². The van der Waals surface area contributed by atoms with E-state index in [9.17, 15) is 22.0 Å². The Morgan fingerprint density at radius 3 is 2.37 bits per heavy atom. The molecule has 0 amide bonds. The van der Waals surface area contributed by atoms with Crippen LogP contribution in [-0.4, -0.2) is 10.7 Å². The van der Waals surface area contributed by atoms with E-state index in [0.29, 0.717) is 10.3 Å². The zero-order valence-electron chi connectivity index (χ0n) is 15.1. The van der Waals surface area contributed by atoms with Gasteiger partial charge in [-0.2, -0.15) is 17.7 Å². The van der Waals surface area contributed by atoms with Gasteiger partial charge in [0.25, 0.3) is 0 Å². The molecule has 0 saturated carbocycles. The molecule has 0 spiro atoms. The molecule has 3 aromatic rings. The van der Waals surface area contributed by atoms with Crippen LogP contribution in [0.1, 0.15) is 35.5 Å². The van der Waals surface area contributed by atoms with Crippen LogP contribution in [0.5, 0.6) is 0 Å². The second-order valence-corrected chi connectivity index (χ2v) is 7.86. The fraction of sp³-hybridized carbons (Fsp3) is 0.150. The van der Waals surface area contributed by atoms with Crippen LogP contribution in [0.3, 0.4) is 0 Å². The molecule has 30 heavy (non-hydrogen) atoms. The van der Waals surface area contributed by atoms with Crippen molar-refractivity contribution in [1.29, 1.82) is 0 Å². The minimum absolute atomic E-state index is 0.169. The Morgan fingerprint density at radius 1 is 1.07 bits per heavy atom. The van der Waals surface area contributed by atoms with Gasteiger partial charge in [0.05, 0.1) is 27.4 Å². The monoisotopic (exact) mass is 502 g/mol. The molecule has 0 unspecified atom stereocenters. The highest BCUT2D eigenvalue weighted by Gasteiger charge is 2.39. The van der Waals surface area contributed by atoms with E-state index < -0.39 is 40.0 Å². The average Bonchev–Trinajstić information content (AvgIpc) is 2.76. The zero-order chi connectivity index (χ0) is 21.8. The first kappa shape index (κ1) is 20.9. The van der Waals surface area contributed by atoms with Crippen LogP contribution in [0.25, 0.3) is 5.69 Å². The molecular formula is C20H11BrClF5N3+. The van der Waals surface area contributed by atoms with E-state index in [2.05, 4.69) is 25.9 Å². The lowest BCUT2D eigenvalue weighted by molar-refractivity contribution is -0.610. The predicted octanol–water partition coefficient (Wildman–Crippen LogP) is 5.98. The molecule has 0 bridgehead atoms. The van der Waals surface area contributed by atoms with Gasteiger partial charge in [-0.05, 0) is 47.1 Å². The van der Waals surface area contributed by atoms with Gasteiger partial charge < -0.3 is 0 Å². The van der Waals surface area contributed by atoms with Gasteiger partial charge in [-0.25, -0.2) is 8.78 Å². The summed E-state index contributed by atoms with van der Waals surface area (Å²) in [4.78, 5) is 8.64. The molecule has 1 atom stereocenters. The summed E-state index contributed by atoms with van der Waals surface area (Å²) in [5, 5.41) is -0.700. The van der Waals surface area contributed by atoms with E-state index in [-0.39, 0.29) is 17.0 Å². The van der Waals surface area contributed by atoms with Crippen LogP contribution < -0.4 is 4.57 Å². The van der Waals surface area contributed by atoms with Gasteiger partial charge in [0.15, 0.2) is 12.2 Å². The highest BCUT2D eigenvalue weighted by Crippen LogP contribution is 2.40. The molecule has 0 aliphatic carbocycles. The van der Waals surface area contributed by atoms with Crippen molar-refractivity contribution in [3.05, 3.63) is 86.4 Å². The molecule has 1 aliphatic heterocycles. The molecule has 2 aromatic carbocycles. The average molecular weight is 504 g/mol. The summed E-state index contributed by atoms with van der Waals surface area (Å²) in [5.41, 5.74) is -2.06. The quantitative estimate of drug-likeness (QED) is 0.297. The summed E-state index contributed by atoms with van der Waals surface area (Å²) >= 11 is 9.48. The van der Waals surface area contributed by atoms with Gasteiger partial charge in [0.1, 0.15) is 28.0 Å². The first-order valence-corrected chi connectivity index (χ1v) is 9.76. The van der Waals surface area contributed by atoms with Gasteiger partial charge in [-0.15, -0.1) is 0 Å². The Balaban J connectivity index is 2.16. The Labute approximate surface area is 181 Å². The van der Waals surface area contributed by atoms with Crippen LogP contribution in [0.15, 0.2) is 52.2 Å². The van der Waals surface area contributed by atoms with Crippen LogP contribution in [0.2, 0.25) is 5.02 Å². The Kier molecular flexibility index (Phi) is 5.14. The number of alkyl halides is 3. The lowest BCUT2D eigenvalue weighted by Crippen LogP contribution is -2.38. The smallest absolute Gasteiger partial charge is 0.268 e. The van der Waals surface area contributed by atoms with Gasteiger partial charge >= 0.3 is 12.0 Å². The molecule has 154 valence electrons. The van der Waals surface area contributed by atoms with E-state index in [1.54, 1.807) is 13.1 Å². The number of halogens is 7. The molecule has 0 radical (unpaired) electrons. The molecule has 1 aromatic heterocycles. The number of benzene rings is 2. The molecule has 1 aliphatic rings. The summed E-state index contributed by atoms with van der Waals surface area (Å²) in [5.74, 6) is -1.57. The number of aromatic nitrogens is 2. The maximum Gasteiger partial charge on any atom is 0.417 e. The highest BCUT2D eigenvalue weighted by atomic mass is 79.9. The first-order valence-electron chi connectivity index (χ1n) is 8.59. The van der Waals surface area contributed by atoms with E-state index in [1.165, 1.54) is 16.8 Å². The maximum atomic E-state index is 14.6. The lowest BCUT2D eigenvalue weighted by atomic mass is 9.97. The summed E-state index contributed by atoms with van der Waals surface area (Å²) in [7, 11) is 0. The van der Waals surface area contributed by atoms with Crippen molar-refractivity contribution in [3.8, 4) is 5.69 Å². The largest absolute Gasteiger partial charge is 0.417 e. The second-order valence-electron chi connectivity index (χ2n) is 6.57.